The maximum absolute atomic E-state index is 15.0. The fraction of sp³-hybridized carbons (Fsp3) is 0.714. The van der Waals surface area contributed by atoms with E-state index in [-0.39, 0.29) is 36.2 Å². The quantitative estimate of drug-likeness (QED) is 0.511. The average molecular weight is 390 g/mol. The number of hydrogen-bond donors (Lipinski definition) is 0. The van der Waals surface area contributed by atoms with E-state index in [4.69, 9.17) is 4.74 Å². The van der Waals surface area contributed by atoms with Gasteiger partial charge in [0.05, 0.1) is 6.61 Å². The highest BCUT2D eigenvalue weighted by Crippen LogP contribution is 2.55. The van der Waals surface area contributed by atoms with Gasteiger partial charge in [0, 0.05) is 11.8 Å². The smallest absolute Gasteiger partial charge is 0.282 e. The standard InChI is InChI=1S/C21H27F5O/c1-3-5-12-10-13-6-7-15(20(24)21(25,26)16(13)11-12)14-8-9-17(27-4-2)19(23)18(14)22/h8-9,12-13,15-16,20H,3-7,10-11H2,1-2H3. The largest absolute Gasteiger partial charge is 0.491 e. The van der Waals surface area contributed by atoms with Crippen molar-refractivity contribution in [1.29, 1.82) is 0 Å². The zero-order valence-corrected chi connectivity index (χ0v) is 15.8. The molecule has 0 saturated heterocycles. The molecule has 0 aromatic heterocycles. The van der Waals surface area contributed by atoms with Crippen molar-refractivity contribution in [2.45, 2.75) is 70.4 Å². The highest BCUT2D eigenvalue weighted by atomic mass is 19.3. The van der Waals surface area contributed by atoms with Gasteiger partial charge in [0.2, 0.25) is 5.82 Å². The summed E-state index contributed by atoms with van der Waals surface area (Å²) < 4.78 is 78.7. The third-order valence-electron chi connectivity index (χ3n) is 6.33. The highest BCUT2D eigenvalue weighted by Gasteiger charge is 2.58. The molecule has 0 aliphatic heterocycles. The van der Waals surface area contributed by atoms with Gasteiger partial charge in [0.25, 0.3) is 5.92 Å². The lowest BCUT2D eigenvalue weighted by molar-refractivity contribution is -0.128. The second kappa shape index (κ2) is 7.96. The van der Waals surface area contributed by atoms with Crippen LogP contribution in [0, 0.1) is 29.4 Å². The van der Waals surface area contributed by atoms with E-state index < -0.39 is 35.6 Å². The van der Waals surface area contributed by atoms with Gasteiger partial charge < -0.3 is 4.74 Å². The molecular formula is C21H27F5O. The molecule has 5 atom stereocenters. The number of fused-ring (bicyclic) bond motifs is 1. The first-order valence-corrected chi connectivity index (χ1v) is 9.93. The molecule has 0 radical (unpaired) electrons. The number of ether oxygens (including phenoxy) is 1. The van der Waals surface area contributed by atoms with Crippen molar-refractivity contribution in [3.05, 3.63) is 29.3 Å². The molecule has 1 nitrogen and oxygen atoms in total. The van der Waals surface area contributed by atoms with Gasteiger partial charge in [-0.3, -0.25) is 0 Å². The van der Waals surface area contributed by atoms with Gasteiger partial charge in [-0.1, -0.05) is 25.8 Å². The predicted molar refractivity (Wildman–Crippen MR) is 94.0 cm³/mol. The zero-order chi connectivity index (χ0) is 19.8. The third kappa shape index (κ3) is 3.68. The van der Waals surface area contributed by atoms with Crippen LogP contribution in [0.4, 0.5) is 22.0 Å². The van der Waals surface area contributed by atoms with Crippen molar-refractivity contribution < 1.29 is 26.7 Å². The molecule has 0 heterocycles. The van der Waals surface area contributed by atoms with E-state index >= 15 is 4.39 Å². The average Bonchev–Trinajstić information content (AvgIpc) is 3.01. The van der Waals surface area contributed by atoms with Gasteiger partial charge in [-0.05, 0) is 56.1 Å². The van der Waals surface area contributed by atoms with Crippen molar-refractivity contribution in [1.82, 2.24) is 0 Å². The van der Waals surface area contributed by atoms with Crippen LogP contribution >= 0.6 is 0 Å². The summed E-state index contributed by atoms with van der Waals surface area (Å²) in [6.45, 7) is 3.79. The second-order valence-corrected chi connectivity index (χ2v) is 7.97. The molecule has 0 spiro atoms. The molecule has 2 fully saturated rings. The molecule has 2 saturated carbocycles. The van der Waals surface area contributed by atoms with Crippen LogP contribution in [-0.2, 0) is 0 Å². The zero-order valence-electron chi connectivity index (χ0n) is 15.8. The molecule has 2 aliphatic rings. The van der Waals surface area contributed by atoms with Gasteiger partial charge >= 0.3 is 0 Å². The van der Waals surface area contributed by atoms with Crippen molar-refractivity contribution in [2.24, 2.45) is 17.8 Å². The van der Waals surface area contributed by atoms with E-state index in [1.54, 1.807) is 6.92 Å². The van der Waals surface area contributed by atoms with Crippen LogP contribution in [0.15, 0.2) is 12.1 Å². The molecule has 3 rings (SSSR count). The van der Waals surface area contributed by atoms with Crippen LogP contribution in [0.2, 0.25) is 0 Å². The Morgan fingerprint density at radius 1 is 1.07 bits per heavy atom. The van der Waals surface area contributed by atoms with Crippen molar-refractivity contribution >= 4 is 0 Å². The summed E-state index contributed by atoms with van der Waals surface area (Å²) >= 11 is 0. The maximum Gasteiger partial charge on any atom is 0.282 e. The molecule has 0 amide bonds. The Morgan fingerprint density at radius 3 is 2.48 bits per heavy atom. The van der Waals surface area contributed by atoms with Crippen LogP contribution < -0.4 is 4.74 Å². The van der Waals surface area contributed by atoms with E-state index in [1.165, 1.54) is 12.1 Å². The van der Waals surface area contributed by atoms with Crippen LogP contribution in [0.3, 0.4) is 0 Å². The van der Waals surface area contributed by atoms with E-state index in [0.29, 0.717) is 19.3 Å². The predicted octanol–water partition coefficient (Wildman–Crippen LogP) is 6.66. The Morgan fingerprint density at radius 2 is 1.81 bits per heavy atom. The van der Waals surface area contributed by atoms with Crippen LogP contribution in [0.1, 0.15) is 63.9 Å². The number of rotatable bonds is 5. The summed E-state index contributed by atoms with van der Waals surface area (Å²) in [6.07, 6.45) is 0.795. The van der Waals surface area contributed by atoms with Gasteiger partial charge in [-0.25, -0.2) is 17.6 Å². The first-order valence-electron chi connectivity index (χ1n) is 9.93. The lowest BCUT2D eigenvalue weighted by atomic mass is 9.85. The first-order chi connectivity index (χ1) is 12.8. The molecule has 152 valence electrons. The molecule has 5 unspecified atom stereocenters. The minimum atomic E-state index is -3.53. The summed E-state index contributed by atoms with van der Waals surface area (Å²) in [5, 5.41) is 0. The maximum atomic E-state index is 15.0. The van der Waals surface area contributed by atoms with Gasteiger partial charge in [-0.2, -0.15) is 4.39 Å². The Balaban J connectivity index is 1.89. The molecule has 2 aliphatic carbocycles. The Labute approximate surface area is 157 Å². The normalized spacial score (nSPS) is 32.8. The summed E-state index contributed by atoms with van der Waals surface area (Å²) in [5.74, 6) is -8.73. The SMILES string of the molecule is CCCC1CC2CCC(c3ccc(OCC)c(F)c3F)C(F)C(F)(F)C2C1. The fourth-order valence-corrected chi connectivity index (χ4v) is 5.10. The molecule has 6 heteroatoms. The number of halogens is 5. The highest BCUT2D eigenvalue weighted by molar-refractivity contribution is 5.34. The van der Waals surface area contributed by atoms with E-state index in [2.05, 4.69) is 0 Å². The summed E-state index contributed by atoms with van der Waals surface area (Å²) in [4.78, 5) is 0. The monoisotopic (exact) mass is 390 g/mol. The number of hydrogen-bond acceptors (Lipinski definition) is 1. The van der Waals surface area contributed by atoms with E-state index in [0.717, 1.165) is 12.8 Å². The summed E-state index contributed by atoms with van der Waals surface area (Å²) in [6, 6.07) is 2.39. The van der Waals surface area contributed by atoms with Crippen LogP contribution in [0.5, 0.6) is 5.75 Å². The lowest BCUT2D eigenvalue weighted by Crippen LogP contribution is -2.41. The van der Waals surface area contributed by atoms with Crippen molar-refractivity contribution in [2.75, 3.05) is 6.61 Å². The summed E-state index contributed by atoms with van der Waals surface area (Å²) in [5.41, 5.74) is -0.312. The molecular weight excluding hydrogens is 363 g/mol. The van der Waals surface area contributed by atoms with E-state index in [1.807, 2.05) is 6.92 Å². The van der Waals surface area contributed by atoms with E-state index in [9.17, 15) is 17.6 Å². The first kappa shape index (κ1) is 20.4. The molecule has 0 N–H and O–H groups in total. The van der Waals surface area contributed by atoms with Crippen molar-refractivity contribution in [3.63, 3.8) is 0 Å². The number of alkyl halides is 3. The Hall–Kier alpha value is -1.33. The van der Waals surface area contributed by atoms with Gasteiger partial charge in [0.15, 0.2) is 17.7 Å². The summed E-state index contributed by atoms with van der Waals surface area (Å²) in [7, 11) is 0. The third-order valence-corrected chi connectivity index (χ3v) is 6.33. The lowest BCUT2D eigenvalue weighted by Gasteiger charge is -2.30. The Bertz CT molecular complexity index is 662. The van der Waals surface area contributed by atoms with Crippen LogP contribution in [-0.4, -0.2) is 18.7 Å². The number of benzene rings is 1. The molecule has 1 aromatic rings. The topological polar surface area (TPSA) is 9.23 Å². The van der Waals surface area contributed by atoms with Gasteiger partial charge in [0.1, 0.15) is 0 Å². The molecule has 0 bridgehead atoms. The molecule has 27 heavy (non-hydrogen) atoms. The minimum Gasteiger partial charge on any atom is -0.491 e. The second-order valence-electron chi connectivity index (χ2n) is 7.97. The van der Waals surface area contributed by atoms with Gasteiger partial charge in [-0.15, -0.1) is 0 Å². The fourth-order valence-electron chi connectivity index (χ4n) is 5.10. The van der Waals surface area contributed by atoms with Crippen molar-refractivity contribution in [3.8, 4) is 5.75 Å². The van der Waals surface area contributed by atoms with Crippen LogP contribution in [0.25, 0.3) is 0 Å². The molecule has 1 aromatic carbocycles. The Kier molecular flexibility index (Phi) is 6.02. The minimum absolute atomic E-state index is 0.0983.